The van der Waals surface area contributed by atoms with Gasteiger partial charge in [0.05, 0.1) is 24.9 Å². The van der Waals surface area contributed by atoms with Gasteiger partial charge in [0.1, 0.15) is 11.6 Å². The molecule has 102 valence electrons. The van der Waals surface area contributed by atoms with Crippen LogP contribution in [0, 0.1) is 5.82 Å². The summed E-state index contributed by atoms with van der Waals surface area (Å²) in [6.07, 6.45) is -5.36. The highest BCUT2D eigenvalue weighted by molar-refractivity contribution is 5.62. The fourth-order valence-electron chi connectivity index (χ4n) is 1.52. The number of alkyl halides is 3. The molecule has 0 heterocycles. The Morgan fingerprint density at radius 1 is 1.39 bits per heavy atom. The molecule has 7 heteroatoms. The van der Waals surface area contributed by atoms with Gasteiger partial charge in [-0.15, -0.1) is 0 Å². The van der Waals surface area contributed by atoms with E-state index in [2.05, 4.69) is 5.32 Å². The molecule has 0 saturated carbocycles. The number of nitrogen functional groups attached to an aromatic ring is 1. The third-order valence-corrected chi connectivity index (χ3v) is 2.26. The van der Waals surface area contributed by atoms with Crippen molar-refractivity contribution in [1.82, 2.24) is 0 Å². The minimum atomic E-state index is -4.30. The fourth-order valence-corrected chi connectivity index (χ4v) is 1.52. The van der Waals surface area contributed by atoms with Crippen LogP contribution in [-0.2, 0) is 0 Å². The second-order valence-electron chi connectivity index (χ2n) is 3.94. The summed E-state index contributed by atoms with van der Waals surface area (Å²) < 4.78 is 54.8. The molecule has 0 aliphatic heterocycles. The van der Waals surface area contributed by atoms with Crippen LogP contribution in [0.4, 0.5) is 28.9 Å². The minimum Gasteiger partial charge on any atom is -0.495 e. The highest BCUT2D eigenvalue weighted by atomic mass is 19.4. The van der Waals surface area contributed by atoms with Crippen LogP contribution in [0.2, 0.25) is 0 Å². The summed E-state index contributed by atoms with van der Waals surface area (Å²) in [6, 6.07) is 1.28. The van der Waals surface area contributed by atoms with Crippen LogP contribution in [0.3, 0.4) is 0 Å². The molecule has 1 aromatic carbocycles. The minimum absolute atomic E-state index is 0.0715. The number of nitrogens with one attached hydrogen (secondary N) is 1. The van der Waals surface area contributed by atoms with E-state index in [1.807, 2.05) is 0 Å². The van der Waals surface area contributed by atoms with Crippen molar-refractivity contribution in [3.63, 3.8) is 0 Å². The molecule has 0 aromatic heterocycles. The van der Waals surface area contributed by atoms with Gasteiger partial charge in [-0.3, -0.25) is 0 Å². The summed E-state index contributed by atoms with van der Waals surface area (Å²) in [4.78, 5) is 0. The SMILES string of the molecule is COc1cc(NC(C)CC(F)(F)F)c(F)cc1N. The van der Waals surface area contributed by atoms with E-state index >= 15 is 0 Å². The van der Waals surface area contributed by atoms with E-state index in [0.29, 0.717) is 0 Å². The Morgan fingerprint density at radius 2 is 2.00 bits per heavy atom. The lowest BCUT2D eigenvalue weighted by atomic mass is 10.2. The van der Waals surface area contributed by atoms with Crippen LogP contribution in [-0.4, -0.2) is 19.3 Å². The molecule has 0 fully saturated rings. The maximum absolute atomic E-state index is 13.5. The predicted molar refractivity (Wildman–Crippen MR) is 61.1 cm³/mol. The van der Waals surface area contributed by atoms with Crippen LogP contribution >= 0.6 is 0 Å². The second-order valence-corrected chi connectivity index (χ2v) is 3.94. The highest BCUT2D eigenvalue weighted by Gasteiger charge is 2.30. The molecule has 3 nitrogen and oxygen atoms in total. The van der Waals surface area contributed by atoms with Crippen molar-refractivity contribution in [3.8, 4) is 5.75 Å². The summed E-state index contributed by atoms with van der Waals surface area (Å²) in [5.41, 5.74) is 5.48. The standard InChI is InChI=1S/C11H14F4N2O/c1-6(5-11(13,14)15)17-9-4-10(18-2)8(16)3-7(9)12/h3-4,6,17H,5,16H2,1-2H3. The zero-order valence-corrected chi connectivity index (χ0v) is 9.94. The van der Waals surface area contributed by atoms with E-state index in [1.54, 1.807) is 0 Å². The quantitative estimate of drug-likeness (QED) is 0.650. The second kappa shape index (κ2) is 5.32. The number of rotatable bonds is 4. The Hall–Kier alpha value is -1.66. The lowest BCUT2D eigenvalue weighted by Gasteiger charge is -2.18. The summed E-state index contributed by atoms with van der Waals surface area (Å²) >= 11 is 0. The van der Waals surface area contributed by atoms with Crippen molar-refractivity contribution in [2.24, 2.45) is 0 Å². The van der Waals surface area contributed by atoms with Gasteiger partial charge < -0.3 is 15.8 Å². The molecule has 0 saturated heterocycles. The average Bonchev–Trinajstić information content (AvgIpc) is 2.19. The molecule has 1 aromatic rings. The molecular weight excluding hydrogens is 252 g/mol. The van der Waals surface area contributed by atoms with Crippen LogP contribution in [0.25, 0.3) is 0 Å². The number of ether oxygens (including phenoxy) is 1. The number of hydrogen-bond acceptors (Lipinski definition) is 3. The Kier molecular flexibility index (Phi) is 4.26. The molecule has 0 radical (unpaired) electrons. The first-order valence-corrected chi connectivity index (χ1v) is 5.19. The third-order valence-electron chi connectivity index (χ3n) is 2.26. The van der Waals surface area contributed by atoms with E-state index in [1.165, 1.54) is 20.1 Å². The summed E-state index contributed by atoms with van der Waals surface area (Å²) in [7, 11) is 1.34. The molecule has 1 atom stereocenters. The van der Waals surface area contributed by atoms with Gasteiger partial charge in [0.2, 0.25) is 0 Å². The van der Waals surface area contributed by atoms with E-state index in [4.69, 9.17) is 10.5 Å². The van der Waals surface area contributed by atoms with Gasteiger partial charge in [0.15, 0.2) is 0 Å². The maximum Gasteiger partial charge on any atom is 0.391 e. The molecule has 0 bridgehead atoms. The van der Waals surface area contributed by atoms with Crippen LogP contribution in [0.15, 0.2) is 12.1 Å². The molecule has 0 spiro atoms. The number of benzene rings is 1. The van der Waals surface area contributed by atoms with Gasteiger partial charge >= 0.3 is 6.18 Å². The van der Waals surface area contributed by atoms with Gasteiger partial charge in [-0.25, -0.2) is 4.39 Å². The lowest BCUT2D eigenvalue weighted by Crippen LogP contribution is -2.24. The largest absolute Gasteiger partial charge is 0.495 e. The van der Waals surface area contributed by atoms with Gasteiger partial charge in [0, 0.05) is 18.2 Å². The molecule has 3 N–H and O–H groups in total. The van der Waals surface area contributed by atoms with Crippen molar-refractivity contribution in [2.75, 3.05) is 18.2 Å². The van der Waals surface area contributed by atoms with E-state index in [9.17, 15) is 17.6 Å². The normalized spacial score (nSPS) is 13.2. The van der Waals surface area contributed by atoms with Crippen molar-refractivity contribution in [1.29, 1.82) is 0 Å². The Morgan fingerprint density at radius 3 is 2.50 bits per heavy atom. The van der Waals surface area contributed by atoms with Gasteiger partial charge in [-0.05, 0) is 6.92 Å². The molecule has 0 amide bonds. The third kappa shape index (κ3) is 3.97. The molecule has 1 rings (SSSR count). The van der Waals surface area contributed by atoms with Gasteiger partial charge in [0.25, 0.3) is 0 Å². The van der Waals surface area contributed by atoms with Gasteiger partial charge in [-0.1, -0.05) is 0 Å². The Bertz CT molecular complexity index is 420. The fraction of sp³-hybridized carbons (Fsp3) is 0.455. The summed E-state index contributed by atoms with van der Waals surface area (Å²) in [5, 5.41) is 2.44. The van der Waals surface area contributed by atoms with Crippen LogP contribution < -0.4 is 15.8 Å². The topological polar surface area (TPSA) is 47.3 Å². The monoisotopic (exact) mass is 266 g/mol. The van der Waals surface area contributed by atoms with Crippen LogP contribution in [0.5, 0.6) is 5.75 Å². The number of anilines is 2. The molecule has 1 unspecified atom stereocenters. The Balaban J connectivity index is 2.84. The summed E-state index contributed by atoms with van der Waals surface area (Å²) in [5.74, 6) is -0.513. The summed E-state index contributed by atoms with van der Waals surface area (Å²) in [6.45, 7) is 1.32. The average molecular weight is 266 g/mol. The molecule has 18 heavy (non-hydrogen) atoms. The van der Waals surface area contributed by atoms with Crippen molar-refractivity contribution in [2.45, 2.75) is 25.6 Å². The molecule has 0 aliphatic rings. The lowest BCUT2D eigenvalue weighted by molar-refractivity contribution is -0.136. The maximum atomic E-state index is 13.5. The van der Waals surface area contributed by atoms with E-state index in [0.717, 1.165) is 6.07 Å². The first-order valence-electron chi connectivity index (χ1n) is 5.19. The zero-order valence-electron chi connectivity index (χ0n) is 9.94. The van der Waals surface area contributed by atoms with E-state index < -0.39 is 24.5 Å². The first-order chi connectivity index (χ1) is 8.23. The molecular formula is C11H14F4N2O. The van der Waals surface area contributed by atoms with Gasteiger partial charge in [-0.2, -0.15) is 13.2 Å². The van der Waals surface area contributed by atoms with Crippen molar-refractivity contribution >= 4 is 11.4 Å². The van der Waals surface area contributed by atoms with Crippen molar-refractivity contribution < 1.29 is 22.3 Å². The van der Waals surface area contributed by atoms with Crippen molar-refractivity contribution in [3.05, 3.63) is 17.9 Å². The number of methoxy groups -OCH3 is 1. The Labute approximate surface area is 102 Å². The highest BCUT2D eigenvalue weighted by Crippen LogP contribution is 2.30. The number of nitrogens with two attached hydrogens (primary N) is 1. The van der Waals surface area contributed by atoms with E-state index in [-0.39, 0.29) is 17.1 Å². The number of halogens is 4. The van der Waals surface area contributed by atoms with Crippen LogP contribution in [0.1, 0.15) is 13.3 Å². The predicted octanol–water partition coefficient (Wildman–Crippen LogP) is 3.17. The first kappa shape index (κ1) is 14.4. The number of hydrogen-bond donors (Lipinski definition) is 2. The smallest absolute Gasteiger partial charge is 0.391 e. The molecule has 0 aliphatic carbocycles. The zero-order chi connectivity index (χ0) is 13.9.